The maximum absolute atomic E-state index is 12.8. The molecule has 10 nitrogen and oxygen atoms in total. The molecular formula is C26H23N7O3S. The molecule has 0 bridgehead atoms. The van der Waals surface area contributed by atoms with E-state index >= 15 is 0 Å². The highest BCUT2D eigenvalue weighted by Crippen LogP contribution is 2.24. The second kappa shape index (κ2) is 10.1. The Morgan fingerprint density at radius 3 is 2.11 bits per heavy atom. The summed E-state index contributed by atoms with van der Waals surface area (Å²) >= 11 is 0. The van der Waals surface area contributed by atoms with Crippen molar-refractivity contribution in [2.75, 3.05) is 15.4 Å². The monoisotopic (exact) mass is 513 g/mol. The molecule has 0 amide bonds. The lowest BCUT2D eigenvalue weighted by Gasteiger charge is -2.11. The van der Waals surface area contributed by atoms with Crippen molar-refractivity contribution < 1.29 is 12.8 Å². The van der Waals surface area contributed by atoms with Gasteiger partial charge in [-0.05, 0) is 61.0 Å². The third-order valence-electron chi connectivity index (χ3n) is 5.33. The molecule has 0 radical (unpaired) electrons. The van der Waals surface area contributed by atoms with Crippen molar-refractivity contribution in [2.24, 2.45) is 0 Å². The molecule has 0 unspecified atom stereocenters. The van der Waals surface area contributed by atoms with Crippen LogP contribution >= 0.6 is 0 Å². The average Bonchev–Trinajstić information content (AvgIpc) is 3.32. The van der Waals surface area contributed by atoms with Crippen molar-refractivity contribution in [3.8, 4) is 11.3 Å². The van der Waals surface area contributed by atoms with Gasteiger partial charge in [-0.3, -0.25) is 4.72 Å². The lowest BCUT2D eigenvalue weighted by atomic mass is 10.2. The van der Waals surface area contributed by atoms with Crippen molar-refractivity contribution in [2.45, 2.75) is 18.7 Å². The molecule has 3 heterocycles. The minimum atomic E-state index is -3.77. The number of oxazole rings is 1. The Balaban J connectivity index is 1.24. The number of aryl methyl sites for hydroxylation is 2. The lowest BCUT2D eigenvalue weighted by Crippen LogP contribution is -2.12. The first-order chi connectivity index (χ1) is 17.8. The number of anilines is 5. The number of nitrogens with zero attached hydrogens (tertiary/aromatic N) is 4. The quantitative estimate of drug-likeness (QED) is 0.248. The van der Waals surface area contributed by atoms with E-state index in [9.17, 15) is 8.42 Å². The topological polar surface area (TPSA) is 135 Å². The van der Waals surface area contributed by atoms with Crippen molar-refractivity contribution >= 4 is 38.9 Å². The van der Waals surface area contributed by atoms with Gasteiger partial charge in [-0.1, -0.05) is 12.1 Å². The van der Waals surface area contributed by atoms with E-state index in [1.807, 2.05) is 19.1 Å². The van der Waals surface area contributed by atoms with Gasteiger partial charge in [0.15, 0.2) is 5.89 Å². The van der Waals surface area contributed by atoms with Gasteiger partial charge in [0, 0.05) is 36.1 Å². The largest absolute Gasteiger partial charge is 0.449 e. The summed E-state index contributed by atoms with van der Waals surface area (Å²) in [5.74, 6) is 2.39. The van der Waals surface area contributed by atoms with E-state index in [-0.39, 0.29) is 4.90 Å². The zero-order valence-electron chi connectivity index (χ0n) is 20.0. The van der Waals surface area contributed by atoms with Gasteiger partial charge in [0.05, 0.1) is 4.90 Å². The van der Waals surface area contributed by atoms with Crippen LogP contribution in [0.25, 0.3) is 11.3 Å². The number of rotatable bonds is 8. The van der Waals surface area contributed by atoms with Gasteiger partial charge in [-0.15, -0.1) is 0 Å². The molecule has 0 aliphatic heterocycles. The van der Waals surface area contributed by atoms with Crippen LogP contribution in [0.5, 0.6) is 0 Å². The van der Waals surface area contributed by atoms with Crippen LogP contribution in [-0.2, 0) is 10.0 Å². The van der Waals surface area contributed by atoms with E-state index < -0.39 is 10.0 Å². The van der Waals surface area contributed by atoms with Gasteiger partial charge in [0.1, 0.15) is 35.7 Å². The minimum absolute atomic E-state index is 0.141. The molecule has 0 saturated heterocycles. The van der Waals surface area contributed by atoms with E-state index in [1.165, 1.54) is 24.7 Å². The Labute approximate surface area is 213 Å². The van der Waals surface area contributed by atoms with Crippen LogP contribution in [0.1, 0.15) is 11.5 Å². The molecule has 0 atom stereocenters. The molecule has 11 heteroatoms. The maximum atomic E-state index is 12.8. The van der Waals surface area contributed by atoms with Crippen molar-refractivity contribution in [3.63, 3.8) is 0 Å². The molecule has 186 valence electrons. The van der Waals surface area contributed by atoms with Gasteiger partial charge < -0.3 is 15.1 Å². The Bertz CT molecular complexity index is 1630. The molecule has 2 aromatic carbocycles. The second-order valence-electron chi connectivity index (χ2n) is 8.22. The molecule has 0 fully saturated rings. The van der Waals surface area contributed by atoms with Gasteiger partial charge in [0.2, 0.25) is 0 Å². The fraction of sp³-hybridized carbons (Fsp3) is 0.0769. The molecular weight excluding hydrogens is 490 g/mol. The number of hydrogen-bond acceptors (Lipinski definition) is 9. The first kappa shape index (κ1) is 23.9. The molecule has 3 N–H and O–H groups in total. The smallest absolute Gasteiger partial charge is 0.261 e. The minimum Gasteiger partial charge on any atom is -0.449 e. The Kier molecular flexibility index (Phi) is 6.52. The highest BCUT2D eigenvalue weighted by atomic mass is 32.2. The number of hydrogen-bond donors (Lipinski definition) is 3. The molecule has 3 aromatic heterocycles. The van der Waals surface area contributed by atoms with Crippen LogP contribution in [0.2, 0.25) is 0 Å². The normalized spacial score (nSPS) is 11.2. The Hall–Kier alpha value is -4.77. The number of benzene rings is 2. The number of nitrogens with one attached hydrogen (secondary N) is 3. The highest BCUT2D eigenvalue weighted by molar-refractivity contribution is 7.92. The number of sulfonamides is 1. The average molecular weight is 514 g/mol. The van der Waals surface area contributed by atoms with E-state index in [0.717, 1.165) is 16.8 Å². The standard InChI is InChI=1S/C26H23N7O3S/c1-17-11-12-27-24(13-17)32-26-14-25(28-16-29-26)31-20-5-7-21(8-6-20)33-37(34,35)22-9-3-19(4-10-22)23-15-36-18(2)30-23/h3-16,33H,1-2H3,(H2,27,28,29,31,32). The summed E-state index contributed by atoms with van der Waals surface area (Å²) in [6, 6.07) is 18.9. The first-order valence-corrected chi connectivity index (χ1v) is 12.8. The van der Waals surface area contributed by atoms with E-state index in [2.05, 4.69) is 35.3 Å². The fourth-order valence-corrected chi connectivity index (χ4v) is 4.57. The van der Waals surface area contributed by atoms with Gasteiger partial charge in [-0.2, -0.15) is 0 Å². The van der Waals surface area contributed by atoms with Crippen molar-refractivity contribution in [3.05, 3.63) is 97.0 Å². The highest BCUT2D eigenvalue weighted by Gasteiger charge is 2.15. The molecule has 0 aliphatic carbocycles. The van der Waals surface area contributed by atoms with Crippen LogP contribution in [0.3, 0.4) is 0 Å². The molecule has 5 aromatic rings. The molecule has 37 heavy (non-hydrogen) atoms. The van der Waals surface area contributed by atoms with E-state index in [0.29, 0.717) is 34.7 Å². The van der Waals surface area contributed by atoms with Crippen molar-refractivity contribution in [1.82, 2.24) is 19.9 Å². The Morgan fingerprint density at radius 2 is 1.43 bits per heavy atom. The van der Waals surface area contributed by atoms with Crippen LogP contribution in [-0.4, -0.2) is 28.4 Å². The Morgan fingerprint density at radius 1 is 0.757 bits per heavy atom. The van der Waals surface area contributed by atoms with Crippen LogP contribution in [0.15, 0.2) is 94.8 Å². The predicted octanol–water partition coefficient (Wildman–Crippen LogP) is 5.43. The fourth-order valence-electron chi connectivity index (χ4n) is 3.51. The van der Waals surface area contributed by atoms with Gasteiger partial charge >= 0.3 is 0 Å². The summed E-state index contributed by atoms with van der Waals surface area (Å²) in [6.07, 6.45) is 4.70. The molecule has 0 spiro atoms. The summed E-state index contributed by atoms with van der Waals surface area (Å²) in [6.45, 7) is 3.74. The van der Waals surface area contributed by atoms with Gasteiger partial charge in [0.25, 0.3) is 10.0 Å². The van der Waals surface area contributed by atoms with Gasteiger partial charge in [-0.25, -0.2) is 28.4 Å². The summed E-state index contributed by atoms with van der Waals surface area (Å²) in [4.78, 5) is 17.1. The summed E-state index contributed by atoms with van der Waals surface area (Å²) in [7, 11) is -3.77. The third kappa shape index (κ3) is 5.90. The zero-order valence-corrected chi connectivity index (χ0v) is 20.8. The van der Waals surface area contributed by atoms with E-state index in [4.69, 9.17) is 4.42 Å². The summed E-state index contributed by atoms with van der Waals surface area (Å²) in [5.41, 5.74) is 3.66. The summed E-state index contributed by atoms with van der Waals surface area (Å²) < 4.78 is 33.5. The molecule has 0 saturated carbocycles. The van der Waals surface area contributed by atoms with Crippen LogP contribution in [0.4, 0.5) is 28.8 Å². The molecule has 5 rings (SSSR count). The first-order valence-electron chi connectivity index (χ1n) is 11.3. The predicted molar refractivity (Wildman–Crippen MR) is 141 cm³/mol. The number of aromatic nitrogens is 4. The van der Waals surface area contributed by atoms with Crippen LogP contribution < -0.4 is 15.4 Å². The molecule has 0 aliphatic rings. The summed E-state index contributed by atoms with van der Waals surface area (Å²) in [5, 5.41) is 6.33. The van der Waals surface area contributed by atoms with Crippen LogP contribution in [0, 0.1) is 13.8 Å². The maximum Gasteiger partial charge on any atom is 0.261 e. The third-order valence-corrected chi connectivity index (χ3v) is 6.72. The zero-order chi connectivity index (χ0) is 25.8. The lowest BCUT2D eigenvalue weighted by molar-refractivity contribution is 0.521. The second-order valence-corrected chi connectivity index (χ2v) is 9.90. The van der Waals surface area contributed by atoms with Crippen molar-refractivity contribution in [1.29, 1.82) is 0 Å². The SMILES string of the molecule is Cc1ccnc(Nc2cc(Nc3ccc(NS(=O)(=O)c4ccc(-c5coc(C)n5)cc4)cc3)ncn2)c1. The van der Waals surface area contributed by atoms with E-state index in [1.54, 1.807) is 55.6 Å². The number of pyridine rings is 1.